The van der Waals surface area contributed by atoms with Crippen molar-refractivity contribution in [2.75, 3.05) is 0 Å². The summed E-state index contributed by atoms with van der Waals surface area (Å²) < 4.78 is 1.84. The molecule has 0 aliphatic rings. The van der Waals surface area contributed by atoms with E-state index in [9.17, 15) is 4.79 Å². The third kappa shape index (κ3) is 1.33. The highest BCUT2D eigenvalue weighted by atomic mass is 16.1. The van der Waals surface area contributed by atoms with E-state index in [1.54, 1.807) is 6.20 Å². The summed E-state index contributed by atoms with van der Waals surface area (Å²) in [5, 5.41) is 1.92. The number of nitrogens with zero attached hydrogens (tertiary/aromatic N) is 1. The molecule has 0 saturated carbocycles. The number of aryl methyl sites for hydroxylation is 1. The van der Waals surface area contributed by atoms with E-state index in [-0.39, 0.29) is 0 Å². The second-order valence-corrected chi connectivity index (χ2v) is 3.29. The molecule has 0 spiro atoms. The van der Waals surface area contributed by atoms with Crippen molar-refractivity contribution in [2.45, 2.75) is 0 Å². The van der Waals surface area contributed by atoms with Crippen LogP contribution in [0.1, 0.15) is 10.4 Å². The van der Waals surface area contributed by atoms with E-state index in [0.29, 0.717) is 5.56 Å². The number of fused-ring (bicyclic) bond motifs is 1. The lowest BCUT2D eigenvalue weighted by atomic mass is 10.1. The molecule has 0 aliphatic heterocycles. The molecule has 70 valence electrons. The summed E-state index contributed by atoms with van der Waals surface area (Å²) in [7, 11) is 1.87. The largest absolute Gasteiger partial charge is 0.365 e. The van der Waals surface area contributed by atoms with Gasteiger partial charge in [0.2, 0.25) is 0 Å². The van der Waals surface area contributed by atoms with E-state index in [0.717, 1.165) is 10.8 Å². The topological polar surface area (TPSA) is 47.0 Å². The average molecular weight is 187 g/mol. The molecule has 0 aliphatic carbocycles. The van der Waals surface area contributed by atoms with E-state index in [2.05, 4.69) is 0 Å². The Morgan fingerprint density at radius 1 is 1.29 bits per heavy atom. The van der Waals surface area contributed by atoms with Crippen molar-refractivity contribution in [1.29, 1.82) is 0 Å². The van der Waals surface area contributed by atoms with Crippen LogP contribution in [0.5, 0.6) is 0 Å². The van der Waals surface area contributed by atoms with Gasteiger partial charge in [-0.05, 0) is 6.07 Å². The minimum Gasteiger partial charge on any atom is -0.365 e. The normalized spacial score (nSPS) is 10.4. The Balaban J connectivity index is 2.87. The molecule has 3 nitrogen and oxygen atoms in total. The van der Waals surface area contributed by atoms with Crippen LogP contribution in [-0.2, 0) is 7.05 Å². The first kappa shape index (κ1) is 8.69. The molecule has 3 heteroatoms. The maximum atomic E-state index is 11.2. The first-order valence-corrected chi connectivity index (χ1v) is 4.36. The number of pyridine rings is 1. The standard InChI is InChI=1S/C11H10N2O/c1-13-6-8-4-2-3-5-9(8)10(7-13)11(12)14/h2-7H,1H3,(H-,12,14)/p+1. The third-order valence-electron chi connectivity index (χ3n) is 2.19. The molecule has 1 heterocycles. The van der Waals surface area contributed by atoms with Gasteiger partial charge in [-0.3, -0.25) is 4.79 Å². The summed E-state index contributed by atoms with van der Waals surface area (Å²) >= 11 is 0. The van der Waals surface area contributed by atoms with E-state index < -0.39 is 5.91 Å². The van der Waals surface area contributed by atoms with Crippen molar-refractivity contribution in [3.63, 3.8) is 0 Å². The van der Waals surface area contributed by atoms with Gasteiger partial charge in [-0.2, -0.15) is 0 Å². The van der Waals surface area contributed by atoms with Gasteiger partial charge in [-0.25, -0.2) is 4.57 Å². The molecule has 0 fully saturated rings. The van der Waals surface area contributed by atoms with Crippen LogP contribution in [0.15, 0.2) is 36.7 Å². The molecule has 0 saturated heterocycles. The average Bonchev–Trinajstić information content (AvgIpc) is 2.16. The molecule has 1 amide bonds. The molecular formula is C11H11N2O+. The van der Waals surface area contributed by atoms with Gasteiger partial charge in [0, 0.05) is 10.8 Å². The van der Waals surface area contributed by atoms with Gasteiger partial charge in [-0.15, -0.1) is 0 Å². The maximum Gasteiger partial charge on any atom is 0.255 e. The predicted molar refractivity (Wildman–Crippen MR) is 53.6 cm³/mol. The highest BCUT2D eigenvalue weighted by molar-refractivity contribution is 6.05. The Morgan fingerprint density at radius 2 is 2.00 bits per heavy atom. The van der Waals surface area contributed by atoms with Gasteiger partial charge < -0.3 is 5.73 Å². The molecule has 1 aromatic carbocycles. The van der Waals surface area contributed by atoms with Gasteiger partial charge >= 0.3 is 0 Å². The zero-order valence-corrected chi connectivity index (χ0v) is 7.90. The molecule has 0 radical (unpaired) electrons. The molecule has 1 aromatic heterocycles. The van der Waals surface area contributed by atoms with Crippen LogP contribution in [0.4, 0.5) is 0 Å². The van der Waals surface area contributed by atoms with Crippen LogP contribution in [0, 0.1) is 0 Å². The Kier molecular flexibility index (Phi) is 1.93. The Hall–Kier alpha value is -1.90. The minimum atomic E-state index is -0.391. The van der Waals surface area contributed by atoms with Gasteiger partial charge in [0.15, 0.2) is 12.4 Å². The van der Waals surface area contributed by atoms with Gasteiger partial charge in [-0.1, -0.05) is 18.2 Å². The Morgan fingerprint density at radius 3 is 2.71 bits per heavy atom. The summed E-state index contributed by atoms with van der Waals surface area (Å²) in [5.41, 5.74) is 5.86. The van der Waals surface area contributed by atoms with Crippen LogP contribution in [0.25, 0.3) is 10.8 Å². The fourth-order valence-corrected chi connectivity index (χ4v) is 1.58. The fourth-order valence-electron chi connectivity index (χ4n) is 1.58. The van der Waals surface area contributed by atoms with Crippen molar-refractivity contribution in [3.8, 4) is 0 Å². The molecule has 0 atom stereocenters. The molecular weight excluding hydrogens is 176 g/mol. The van der Waals surface area contributed by atoms with Crippen LogP contribution in [0.2, 0.25) is 0 Å². The van der Waals surface area contributed by atoms with Crippen molar-refractivity contribution in [2.24, 2.45) is 12.8 Å². The van der Waals surface area contributed by atoms with Gasteiger partial charge in [0.1, 0.15) is 12.6 Å². The predicted octanol–water partition coefficient (Wildman–Crippen LogP) is 0.763. The molecule has 2 rings (SSSR count). The van der Waals surface area contributed by atoms with Crippen molar-refractivity contribution in [3.05, 3.63) is 42.2 Å². The number of benzene rings is 1. The number of nitrogens with two attached hydrogens (primary N) is 1. The van der Waals surface area contributed by atoms with E-state index >= 15 is 0 Å². The van der Waals surface area contributed by atoms with Crippen LogP contribution < -0.4 is 10.3 Å². The lowest BCUT2D eigenvalue weighted by Gasteiger charge is -2.00. The lowest BCUT2D eigenvalue weighted by Crippen LogP contribution is -2.29. The minimum absolute atomic E-state index is 0.391. The Bertz CT molecular complexity index is 506. The number of carbonyl (C=O) groups is 1. The molecule has 2 aromatic rings. The van der Waals surface area contributed by atoms with Crippen molar-refractivity contribution < 1.29 is 9.36 Å². The third-order valence-corrected chi connectivity index (χ3v) is 2.19. The van der Waals surface area contributed by atoms with Crippen LogP contribution in [0.3, 0.4) is 0 Å². The zero-order valence-electron chi connectivity index (χ0n) is 7.90. The van der Waals surface area contributed by atoms with Crippen LogP contribution >= 0.6 is 0 Å². The molecule has 14 heavy (non-hydrogen) atoms. The second-order valence-electron chi connectivity index (χ2n) is 3.29. The maximum absolute atomic E-state index is 11.2. The van der Waals surface area contributed by atoms with Gasteiger partial charge in [0.05, 0.1) is 0 Å². The highest BCUT2D eigenvalue weighted by Crippen LogP contribution is 2.15. The number of hydrogen-bond acceptors (Lipinski definition) is 1. The summed E-state index contributed by atoms with van der Waals surface area (Å²) in [6, 6.07) is 7.69. The first-order chi connectivity index (χ1) is 6.68. The number of rotatable bonds is 1. The number of aromatic nitrogens is 1. The van der Waals surface area contributed by atoms with E-state index in [1.807, 2.05) is 42.1 Å². The highest BCUT2D eigenvalue weighted by Gasteiger charge is 2.11. The molecule has 0 unspecified atom stereocenters. The smallest absolute Gasteiger partial charge is 0.255 e. The summed E-state index contributed by atoms with van der Waals surface area (Å²) in [6.45, 7) is 0. The van der Waals surface area contributed by atoms with Crippen LogP contribution in [-0.4, -0.2) is 5.91 Å². The van der Waals surface area contributed by atoms with Gasteiger partial charge in [0.25, 0.3) is 5.91 Å². The molecule has 2 N–H and O–H groups in total. The van der Waals surface area contributed by atoms with E-state index in [4.69, 9.17) is 5.73 Å². The summed E-state index contributed by atoms with van der Waals surface area (Å²) in [5.74, 6) is -0.391. The second kappa shape index (κ2) is 3.10. The quantitative estimate of drug-likeness (QED) is 0.658. The Labute approximate surface area is 81.8 Å². The monoisotopic (exact) mass is 187 g/mol. The number of carbonyl (C=O) groups excluding carboxylic acids is 1. The SMILES string of the molecule is C[n+]1cc(C(N)=O)c2ccccc2c1. The molecule has 0 bridgehead atoms. The van der Waals surface area contributed by atoms with Crippen molar-refractivity contribution >= 4 is 16.7 Å². The fraction of sp³-hybridized carbons (Fsp3) is 0.0909. The lowest BCUT2D eigenvalue weighted by molar-refractivity contribution is -0.670. The summed E-state index contributed by atoms with van der Waals surface area (Å²) in [6.07, 6.45) is 3.70. The summed E-state index contributed by atoms with van der Waals surface area (Å²) in [4.78, 5) is 11.2. The van der Waals surface area contributed by atoms with E-state index in [1.165, 1.54) is 0 Å². The number of amides is 1. The first-order valence-electron chi connectivity index (χ1n) is 4.36. The number of primary amides is 1. The zero-order chi connectivity index (χ0) is 10.1. The number of hydrogen-bond donors (Lipinski definition) is 1. The van der Waals surface area contributed by atoms with Crippen molar-refractivity contribution in [1.82, 2.24) is 0 Å².